The average molecular weight is 352 g/mol. The first-order chi connectivity index (χ1) is 12.5. The number of aryl methyl sites for hydroxylation is 2. The van der Waals surface area contributed by atoms with E-state index in [4.69, 9.17) is 5.10 Å². The van der Waals surface area contributed by atoms with Crippen LogP contribution in [0.5, 0.6) is 0 Å². The lowest BCUT2D eigenvalue weighted by atomic mass is 9.98. The van der Waals surface area contributed by atoms with E-state index < -0.39 is 0 Å². The van der Waals surface area contributed by atoms with E-state index in [1.165, 1.54) is 28.1 Å². The van der Waals surface area contributed by atoms with E-state index in [0.29, 0.717) is 12.6 Å². The molecule has 5 heteroatoms. The van der Waals surface area contributed by atoms with Gasteiger partial charge in [-0.2, -0.15) is 5.10 Å². The van der Waals surface area contributed by atoms with Crippen LogP contribution in [0.4, 0.5) is 11.5 Å². The first-order valence-corrected chi connectivity index (χ1v) is 9.68. The Morgan fingerprint density at radius 3 is 2.73 bits per heavy atom. The quantitative estimate of drug-likeness (QED) is 0.826. The number of hydrogen-bond donors (Lipinski definition) is 0. The number of carbonyl (C=O) groups excluding carboxylic acids is 1. The zero-order chi connectivity index (χ0) is 18.4. The van der Waals surface area contributed by atoms with Crippen LogP contribution in [0.2, 0.25) is 0 Å². The predicted octanol–water partition coefficient (Wildman–Crippen LogP) is 3.76. The fraction of sp³-hybridized carbons (Fsp3) is 0.524. The summed E-state index contributed by atoms with van der Waals surface area (Å²) < 4.78 is 2.17. The Morgan fingerprint density at radius 2 is 2.00 bits per heavy atom. The fourth-order valence-corrected chi connectivity index (χ4v) is 4.25. The molecule has 4 rings (SSSR count). The summed E-state index contributed by atoms with van der Waals surface area (Å²) >= 11 is 0. The van der Waals surface area contributed by atoms with Crippen LogP contribution in [0.1, 0.15) is 55.6 Å². The van der Waals surface area contributed by atoms with Crippen LogP contribution in [0.15, 0.2) is 18.2 Å². The van der Waals surface area contributed by atoms with Crippen molar-refractivity contribution in [1.82, 2.24) is 14.7 Å². The number of amides is 1. The minimum atomic E-state index is 0.147. The Labute approximate surface area is 155 Å². The number of nitrogens with zero attached hydrogens (tertiary/aromatic N) is 4. The Bertz CT molecular complexity index is 852. The topological polar surface area (TPSA) is 41.4 Å². The highest BCUT2D eigenvalue weighted by Crippen LogP contribution is 2.38. The summed E-state index contributed by atoms with van der Waals surface area (Å²) in [5.74, 6) is 1.19. The molecule has 0 spiro atoms. The van der Waals surface area contributed by atoms with Crippen LogP contribution >= 0.6 is 0 Å². The molecule has 1 amide bonds. The van der Waals surface area contributed by atoms with E-state index in [1.807, 2.05) is 4.90 Å². The van der Waals surface area contributed by atoms with Crippen molar-refractivity contribution in [2.24, 2.45) is 0 Å². The standard InChI is InChI=1S/C21H28N4O/c1-14(2)25-19-9-11-23(16(4)26)13-18(19)21(22-25)24-10-5-6-17-8-7-15(3)12-20(17)24/h7-8,12,14H,5-6,9-11,13H2,1-4H3. The maximum absolute atomic E-state index is 12.0. The first kappa shape index (κ1) is 17.1. The molecular formula is C21H28N4O. The van der Waals surface area contributed by atoms with Gasteiger partial charge in [-0.3, -0.25) is 9.48 Å². The first-order valence-electron chi connectivity index (χ1n) is 9.68. The number of anilines is 2. The van der Waals surface area contributed by atoms with Gasteiger partial charge in [-0.05, 0) is 50.8 Å². The third kappa shape index (κ3) is 2.79. The molecule has 0 fully saturated rings. The van der Waals surface area contributed by atoms with Crippen molar-refractivity contribution in [2.75, 3.05) is 18.0 Å². The Balaban J connectivity index is 1.83. The smallest absolute Gasteiger partial charge is 0.219 e. The van der Waals surface area contributed by atoms with Crippen molar-refractivity contribution in [1.29, 1.82) is 0 Å². The van der Waals surface area contributed by atoms with E-state index in [0.717, 1.165) is 38.2 Å². The molecule has 138 valence electrons. The Kier molecular flexibility index (Phi) is 4.25. The van der Waals surface area contributed by atoms with Crippen molar-refractivity contribution in [3.63, 3.8) is 0 Å². The van der Waals surface area contributed by atoms with Gasteiger partial charge in [0.15, 0.2) is 5.82 Å². The number of hydrogen-bond acceptors (Lipinski definition) is 3. The molecule has 0 atom stereocenters. The van der Waals surface area contributed by atoms with Gasteiger partial charge < -0.3 is 9.80 Å². The third-order valence-electron chi connectivity index (χ3n) is 5.61. The molecule has 0 aliphatic carbocycles. The molecule has 0 bridgehead atoms. The monoisotopic (exact) mass is 352 g/mol. The number of benzene rings is 1. The second-order valence-electron chi connectivity index (χ2n) is 7.87. The predicted molar refractivity (Wildman–Crippen MR) is 104 cm³/mol. The molecule has 2 aliphatic heterocycles. The van der Waals surface area contributed by atoms with Gasteiger partial charge in [0.25, 0.3) is 0 Å². The van der Waals surface area contributed by atoms with Crippen LogP contribution in [-0.2, 0) is 24.2 Å². The molecule has 26 heavy (non-hydrogen) atoms. The third-order valence-corrected chi connectivity index (χ3v) is 5.61. The van der Waals surface area contributed by atoms with Crippen molar-refractivity contribution in [3.05, 3.63) is 40.6 Å². The van der Waals surface area contributed by atoms with Gasteiger partial charge in [-0.25, -0.2) is 0 Å². The number of rotatable bonds is 2. The molecular weight excluding hydrogens is 324 g/mol. The summed E-state index contributed by atoms with van der Waals surface area (Å²) in [6.07, 6.45) is 3.14. The van der Waals surface area contributed by atoms with Crippen molar-refractivity contribution in [3.8, 4) is 0 Å². The second-order valence-corrected chi connectivity index (χ2v) is 7.87. The SMILES string of the molecule is CC(=O)N1CCc2c(c(N3CCCc4ccc(C)cc43)nn2C(C)C)C1. The summed E-state index contributed by atoms with van der Waals surface area (Å²) in [5, 5.41) is 5.04. The minimum Gasteiger partial charge on any atom is -0.338 e. The highest BCUT2D eigenvalue weighted by Gasteiger charge is 2.31. The van der Waals surface area contributed by atoms with Crippen LogP contribution < -0.4 is 4.90 Å². The molecule has 2 aromatic rings. The van der Waals surface area contributed by atoms with Crippen molar-refractivity contribution >= 4 is 17.4 Å². The van der Waals surface area contributed by atoms with Gasteiger partial charge >= 0.3 is 0 Å². The largest absolute Gasteiger partial charge is 0.338 e. The normalized spacial score (nSPS) is 16.7. The molecule has 5 nitrogen and oxygen atoms in total. The Morgan fingerprint density at radius 1 is 1.19 bits per heavy atom. The molecule has 0 N–H and O–H groups in total. The number of carbonyl (C=O) groups is 1. The highest BCUT2D eigenvalue weighted by atomic mass is 16.2. The molecule has 2 aliphatic rings. The van der Waals surface area contributed by atoms with Crippen LogP contribution in [0.25, 0.3) is 0 Å². The second kappa shape index (κ2) is 6.45. The number of fused-ring (bicyclic) bond motifs is 2. The van der Waals surface area contributed by atoms with Crippen LogP contribution in [0.3, 0.4) is 0 Å². The minimum absolute atomic E-state index is 0.147. The number of aromatic nitrogens is 2. The van der Waals surface area contributed by atoms with E-state index in [-0.39, 0.29) is 5.91 Å². The molecule has 1 aromatic heterocycles. The highest BCUT2D eigenvalue weighted by molar-refractivity contribution is 5.75. The van der Waals surface area contributed by atoms with E-state index in [1.54, 1.807) is 6.92 Å². The lowest BCUT2D eigenvalue weighted by Gasteiger charge is -2.32. The van der Waals surface area contributed by atoms with Gasteiger partial charge in [-0.15, -0.1) is 0 Å². The van der Waals surface area contributed by atoms with Crippen molar-refractivity contribution in [2.45, 2.75) is 59.5 Å². The Hall–Kier alpha value is -2.30. The molecule has 1 aromatic carbocycles. The zero-order valence-electron chi connectivity index (χ0n) is 16.2. The molecule has 0 saturated carbocycles. The summed E-state index contributed by atoms with van der Waals surface area (Å²) in [6.45, 7) is 10.6. The maximum atomic E-state index is 12.0. The lowest BCUT2D eigenvalue weighted by Crippen LogP contribution is -2.35. The van der Waals surface area contributed by atoms with Gasteiger partial charge in [-0.1, -0.05) is 12.1 Å². The van der Waals surface area contributed by atoms with Gasteiger partial charge in [0.05, 0.1) is 6.54 Å². The molecule has 0 radical (unpaired) electrons. The summed E-state index contributed by atoms with van der Waals surface area (Å²) in [7, 11) is 0. The van der Waals surface area contributed by atoms with Gasteiger partial charge in [0, 0.05) is 49.4 Å². The summed E-state index contributed by atoms with van der Waals surface area (Å²) in [5.41, 5.74) is 6.49. The molecule has 3 heterocycles. The molecule has 0 saturated heterocycles. The van der Waals surface area contributed by atoms with Gasteiger partial charge in [0.2, 0.25) is 5.91 Å². The van der Waals surface area contributed by atoms with Crippen LogP contribution in [-0.4, -0.2) is 33.7 Å². The van der Waals surface area contributed by atoms with E-state index >= 15 is 0 Å². The molecule has 0 unspecified atom stereocenters. The average Bonchev–Trinajstić information content (AvgIpc) is 3.00. The maximum Gasteiger partial charge on any atom is 0.219 e. The van der Waals surface area contributed by atoms with E-state index in [9.17, 15) is 4.79 Å². The lowest BCUT2D eigenvalue weighted by molar-refractivity contribution is -0.129. The van der Waals surface area contributed by atoms with Gasteiger partial charge in [0.1, 0.15) is 0 Å². The fourth-order valence-electron chi connectivity index (χ4n) is 4.25. The van der Waals surface area contributed by atoms with Crippen LogP contribution in [0, 0.1) is 6.92 Å². The van der Waals surface area contributed by atoms with Crippen molar-refractivity contribution < 1.29 is 4.79 Å². The summed E-state index contributed by atoms with van der Waals surface area (Å²) in [4.78, 5) is 16.3. The zero-order valence-corrected chi connectivity index (χ0v) is 16.2. The summed E-state index contributed by atoms with van der Waals surface area (Å²) in [6, 6.07) is 7.05. The van der Waals surface area contributed by atoms with E-state index in [2.05, 4.69) is 48.6 Å².